The molecule has 0 fully saturated rings. The summed E-state index contributed by atoms with van der Waals surface area (Å²) in [4.78, 5) is 28.3. The van der Waals surface area contributed by atoms with Gasteiger partial charge in [-0.3, -0.25) is 9.88 Å². The van der Waals surface area contributed by atoms with E-state index in [2.05, 4.69) is 4.98 Å². The molecule has 1 unspecified atom stereocenters. The van der Waals surface area contributed by atoms with Crippen LogP contribution in [-0.2, 0) is 9.53 Å². The third kappa shape index (κ3) is 4.08. The molecule has 0 saturated carbocycles. The Morgan fingerprint density at radius 1 is 1.35 bits per heavy atom. The normalized spacial score (nSPS) is 12.7. The molecule has 1 rings (SSSR count). The van der Waals surface area contributed by atoms with E-state index >= 15 is 0 Å². The molecule has 20 heavy (non-hydrogen) atoms. The van der Waals surface area contributed by atoms with Crippen molar-refractivity contribution >= 4 is 35.6 Å². The van der Waals surface area contributed by atoms with Crippen LogP contribution >= 0.6 is 23.2 Å². The molecule has 7 heteroatoms. The molecular weight excluding hydrogens is 303 g/mol. The monoisotopic (exact) mass is 318 g/mol. The van der Waals surface area contributed by atoms with Gasteiger partial charge in [-0.15, -0.1) is 0 Å². The first-order valence-corrected chi connectivity index (χ1v) is 6.63. The number of halogens is 2. The number of carbonyl (C=O) groups is 2. The number of aromatic nitrogens is 1. The molecule has 0 aliphatic carbocycles. The zero-order valence-corrected chi connectivity index (χ0v) is 13.2. The Balaban J connectivity index is 3.08. The molecule has 110 valence electrons. The SMILES string of the molecule is CN(C(=O)OC(C)(C)C)C(C=O)c1c(Cl)cncc1Cl. The summed E-state index contributed by atoms with van der Waals surface area (Å²) in [7, 11) is 1.44. The molecule has 1 amide bonds. The standard InChI is InChI=1S/C13H16Cl2N2O3/c1-13(2,3)20-12(19)17(4)10(7-18)11-8(14)5-16-6-9(11)15/h5-7,10H,1-4H3. The lowest BCUT2D eigenvalue weighted by molar-refractivity contribution is -0.112. The van der Waals surface area contributed by atoms with E-state index in [0.717, 1.165) is 4.90 Å². The van der Waals surface area contributed by atoms with Crippen LogP contribution in [0.5, 0.6) is 0 Å². The van der Waals surface area contributed by atoms with Crippen LogP contribution < -0.4 is 0 Å². The summed E-state index contributed by atoms with van der Waals surface area (Å²) in [6.07, 6.45) is 2.67. The van der Waals surface area contributed by atoms with E-state index in [1.165, 1.54) is 19.4 Å². The highest BCUT2D eigenvalue weighted by molar-refractivity contribution is 6.36. The summed E-state index contributed by atoms with van der Waals surface area (Å²) >= 11 is 12.0. The third-order valence-corrected chi connectivity index (χ3v) is 3.02. The van der Waals surface area contributed by atoms with Crippen molar-refractivity contribution in [1.82, 2.24) is 9.88 Å². The minimum atomic E-state index is -0.937. The number of rotatable bonds is 3. The van der Waals surface area contributed by atoms with Crippen LogP contribution in [0, 0.1) is 0 Å². The van der Waals surface area contributed by atoms with Crippen LogP contribution in [0.2, 0.25) is 10.0 Å². The predicted molar refractivity (Wildman–Crippen MR) is 77.1 cm³/mol. The molecule has 1 aromatic heterocycles. The van der Waals surface area contributed by atoms with Crippen molar-refractivity contribution in [2.45, 2.75) is 32.4 Å². The van der Waals surface area contributed by atoms with Crippen molar-refractivity contribution in [3.05, 3.63) is 28.0 Å². The first kappa shape index (κ1) is 16.7. The summed E-state index contributed by atoms with van der Waals surface area (Å²) in [6, 6.07) is -0.937. The van der Waals surface area contributed by atoms with Gasteiger partial charge >= 0.3 is 6.09 Å². The molecule has 0 aliphatic rings. The van der Waals surface area contributed by atoms with Gasteiger partial charge in [0.2, 0.25) is 0 Å². The number of amides is 1. The van der Waals surface area contributed by atoms with Crippen molar-refractivity contribution in [2.24, 2.45) is 0 Å². The molecule has 0 saturated heterocycles. The predicted octanol–water partition coefficient (Wildman–Crippen LogP) is 3.50. The molecule has 5 nitrogen and oxygen atoms in total. The van der Waals surface area contributed by atoms with Gasteiger partial charge in [-0.2, -0.15) is 0 Å². The average Bonchev–Trinajstić information content (AvgIpc) is 2.31. The van der Waals surface area contributed by atoms with Crippen molar-refractivity contribution in [2.75, 3.05) is 7.05 Å². The number of carbonyl (C=O) groups excluding carboxylic acids is 2. The van der Waals surface area contributed by atoms with Gasteiger partial charge in [0.25, 0.3) is 0 Å². The maximum Gasteiger partial charge on any atom is 0.410 e. The summed E-state index contributed by atoms with van der Waals surface area (Å²) < 4.78 is 5.21. The number of ether oxygens (including phenoxy) is 1. The van der Waals surface area contributed by atoms with E-state index in [1.807, 2.05) is 0 Å². The van der Waals surface area contributed by atoms with Gasteiger partial charge in [0, 0.05) is 25.0 Å². The van der Waals surface area contributed by atoms with Gasteiger partial charge in [-0.05, 0) is 20.8 Å². The number of hydrogen-bond acceptors (Lipinski definition) is 4. The second-order valence-corrected chi connectivity index (χ2v) is 6.00. The quantitative estimate of drug-likeness (QED) is 0.800. The Labute approximate surface area is 127 Å². The Kier molecular flexibility index (Phi) is 5.36. The van der Waals surface area contributed by atoms with E-state index in [9.17, 15) is 9.59 Å². The summed E-state index contributed by atoms with van der Waals surface area (Å²) in [5.74, 6) is 0. The fourth-order valence-electron chi connectivity index (χ4n) is 1.50. The number of pyridine rings is 1. The maximum atomic E-state index is 12.0. The van der Waals surface area contributed by atoms with E-state index in [0.29, 0.717) is 11.8 Å². The summed E-state index contributed by atoms with van der Waals surface area (Å²) in [5, 5.41) is 0.426. The molecule has 1 aromatic rings. The fourth-order valence-corrected chi connectivity index (χ4v) is 2.09. The molecule has 0 radical (unpaired) electrons. The number of aldehydes is 1. The molecular formula is C13H16Cl2N2O3. The number of nitrogens with zero attached hydrogens (tertiary/aromatic N) is 2. The molecule has 1 heterocycles. The highest BCUT2D eigenvalue weighted by Crippen LogP contribution is 2.31. The van der Waals surface area contributed by atoms with Crippen LogP contribution in [0.25, 0.3) is 0 Å². The van der Waals surface area contributed by atoms with Gasteiger partial charge in [0.15, 0.2) is 0 Å². The van der Waals surface area contributed by atoms with Crippen molar-refractivity contribution < 1.29 is 14.3 Å². The zero-order chi connectivity index (χ0) is 15.5. The zero-order valence-electron chi connectivity index (χ0n) is 11.7. The van der Waals surface area contributed by atoms with Crippen molar-refractivity contribution in [3.8, 4) is 0 Å². The van der Waals surface area contributed by atoms with E-state index < -0.39 is 17.7 Å². The van der Waals surface area contributed by atoms with Gasteiger partial charge in [-0.25, -0.2) is 4.79 Å². The lowest BCUT2D eigenvalue weighted by atomic mass is 10.1. The molecule has 0 spiro atoms. The topological polar surface area (TPSA) is 59.5 Å². The average molecular weight is 319 g/mol. The van der Waals surface area contributed by atoms with Crippen LogP contribution in [0.3, 0.4) is 0 Å². The summed E-state index contributed by atoms with van der Waals surface area (Å²) in [5.41, 5.74) is -0.336. The van der Waals surface area contributed by atoms with E-state index in [4.69, 9.17) is 27.9 Å². The van der Waals surface area contributed by atoms with E-state index in [1.54, 1.807) is 20.8 Å². The Hall–Kier alpha value is -1.33. The number of hydrogen-bond donors (Lipinski definition) is 0. The van der Waals surface area contributed by atoms with E-state index in [-0.39, 0.29) is 10.0 Å². The second-order valence-electron chi connectivity index (χ2n) is 5.19. The van der Waals surface area contributed by atoms with Gasteiger partial charge < -0.3 is 9.53 Å². The fraction of sp³-hybridized carbons (Fsp3) is 0.462. The third-order valence-electron chi connectivity index (χ3n) is 2.41. The smallest absolute Gasteiger partial charge is 0.410 e. The molecule has 0 N–H and O–H groups in total. The Morgan fingerprint density at radius 2 is 1.85 bits per heavy atom. The highest BCUT2D eigenvalue weighted by atomic mass is 35.5. The van der Waals surface area contributed by atoms with Crippen LogP contribution in [0.15, 0.2) is 12.4 Å². The minimum absolute atomic E-state index is 0.213. The van der Waals surface area contributed by atoms with Crippen LogP contribution in [0.1, 0.15) is 32.4 Å². The number of likely N-dealkylation sites (N-methyl/N-ethyl adjacent to an activating group) is 1. The van der Waals surface area contributed by atoms with Crippen LogP contribution in [-0.4, -0.2) is 34.9 Å². The van der Waals surface area contributed by atoms with Gasteiger partial charge in [-0.1, -0.05) is 23.2 Å². The van der Waals surface area contributed by atoms with Gasteiger partial charge in [0.05, 0.1) is 10.0 Å². The Bertz CT molecular complexity index is 495. The molecule has 0 aromatic carbocycles. The lowest BCUT2D eigenvalue weighted by Gasteiger charge is -2.28. The largest absolute Gasteiger partial charge is 0.444 e. The van der Waals surface area contributed by atoms with Crippen molar-refractivity contribution in [3.63, 3.8) is 0 Å². The molecule has 0 bridgehead atoms. The first-order chi connectivity index (χ1) is 9.17. The molecule has 0 aliphatic heterocycles. The summed E-state index contributed by atoms with van der Waals surface area (Å²) in [6.45, 7) is 5.21. The first-order valence-electron chi connectivity index (χ1n) is 5.87. The maximum absolute atomic E-state index is 12.0. The second kappa shape index (κ2) is 6.41. The lowest BCUT2D eigenvalue weighted by Crippen LogP contribution is -2.37. The minimum Gasteiger partial charge on any atom is -0.444 e. The van der Waals surface area contributed by atoms with Gasteiger partial charge in [0.1, 0.15) is 17.9 Å². The molecule has 1 atom stereocenters. The van der Waals surface area contributed by atoms with Crippen molar-refractivity contribution in [1.29, 1.82) is 0 Å². The Morgan fingerprint density at radius 3 is 2.25 bits per heavy atom. The highest BCUT2D eigenvalue weighted by Gasteiger charge is 2.29. The van der Waals surface area contributed by atoms with Crippen LogP contribution in [0.4, 0.5) is 4.79 Å².